The fourth-order valence-electron chi connectivity index (χ4n) is 2.98. The molecule has 5 nitrogen and oxygen atoms in total. The molecule has 134 valence electrons. The van der Waals surface area contributed by atoms with E-state index >= 15 is 0 Å². The van der Waals surface area contributed by atoms with Crippen LogP contribution in [0.3, 0.4) is 0 Å². The van der Waals surface area contributed by atoms with Crippen molar-refractivity contribution in [3.05, 3.63) is 83.7 Å². The Labute approximate surface area is 154 Å². The van der Waals surface area contributed by atoms with Crippen molar-refractivity contribution in [2.45, 2.75) is 13.0 Å². The molecule has 0 unspecified atom stereocenters. The van der Waals surface area contributed by atoms with E-state index in [2.05, 4.69) is 36.6 Å². The fraction of sp³-hybridized carbons (Fsp3) is 0.238. The zero-order chi connectivity index (χ0) is 18.5. The van der Waals surface area contributed by atoms with Crippen LogP contribution in [0, 0.1) is 6.92 Å². The van der Waals surface area contributed by atoms with Crippen LogP contribution in [-0.4, -0.2) is 36.3 Å². The van der Waals surface area contributed by atoms with Crippen molar-refractivity contribution in [3.8, 4) is 5.69 Å². The topological polar surface area (TPSA) is 51.4 Å². The smallest absolute Gasteiger partial charge is 0.251 e. The highest BCUT2D eigenvalue weighted by Gasteiger charge is 2.18. The number of benzene rings is 2. The normalized spacial score (nSPS) is 12.2. The zero-order valence-electron chi connectivity index (χ0n) is 15.4. The van der Waals surface area contributed by atoms with Crippen LogP contribution in [0.25, 0.3) is 5.69 Å². The summed E-state index contributed by atoms with van der Waals surface area (Å²) >= 11 is 0. The first kappa shape index (κ1) is 17.9. The number of aryl methyl sites for hydroxylation is 1. The van der Waals surface area contributed by atoms with Gasteiger partial charge in [-0.05, 0) is 42.8 Å². The summed E-state index contributed by atoms with van der Waals surface area (Å²) in [5, 5.41) is 7.46. The zero-order valence-corrected chi connectivity index (χ0v) is 15.4. The predicted molar refractivity (Wildman–Crippen MR) is 103 cm³/mol. The van der Waals surface area contributed by atoms with Crippen LogP contribution in [0.4, 0.5) is 0 Å². The maximum absolute atomic E-state index is 12.7. The fourth-order valence-corrected chi connectivity index (χ4v) is 2.98. The quantitative estimate of drug-likeness (QED) is 0.713. The minimum Gasteiger partial charge on any atom is -0.340 e. The second kappa shape index (κ2) is 7.97. The third kappa shape index (κ3) is 4.18. The van der Waals surface area contributed by atoms with Crippen LogP contribution in [0.5, 0.6) is 0 Å². The first-order chi connectivity index (χ1) is 12.5. The molecule has 0 aliphatic carbocycles. The molecule has 1 heterocycles. The Morgan fingerprint density at radius 3 is 2.35 bits per heavy atom. The van der Waals surface area contributed by atoms with E-state index in [4.69, 9.17) is 0 Å². The molecule has 5 heteroatoms. The minimum atomic E-state index is -0.0659. The average molecular weight is 349 g/mol. The van der Waals surface area contributed by atoms with Crippen molar-refractivity contribution in [2.75, 3.05) is 20.6 Å². The number of rotatable bonds is 6. The minimum absolute atomic E-state index is 0.0262. The summed E-state index contributed by atoms with van der Waals surface area (Å²) in [6.45, 7) is 2.82. The van der Waals surface area contributed by atoms with Crippen molar-refractivity contribution in [1.29, 1.82) is 0 Å². The van der Waals surface area contributed by atoms with E-state index in [1.807, 2.05) is 60.1 Å². The summed E-state index contributed by atoms with van der Waals surface area (Å²) in [6, 6.07) is 19.5. The predicted octanol–water partition coefficient (Wildman–Crippen LogP) is 1.80. The van der Waals surface area contributed by atoms with Crippen molar-refractivity contribution < 1.29 is 9.69 Å². The van der Waals surface area contributed by atoms with E-state index in [0.717, 1.165) is 23.5 Å². The van der Waals surface area contributed by atoms with Gasteiger partial charge in [0.2, 0.25) is 0 Å². The van der Waals surface area contributed by atoms with Gasteiger partial charge in [-0.2, -0.15) is 5.10 Å². The van der Waals surface area contributed by atoms with Crippen molar-refractivity contribution in [1.82, 2.24) is 15.1 Å². The second-order valence-corrected chi connectivity index (χ2v) is 6.78. The van der Waals surface area contributed by atoms with Crippen LogP contribution in [-0.2, 0) is 0 Å². The summed E-state index contributed by atoms with van der Waals surface area (Å²) in [5.74, 6) is -0.0659. The van der Waals surface area contributed by atoms with Crippen LogP contribution < -0.4 is 10.2 Å². The molecule has 1 atom stereocenters. The van der Waals surface area contributed by atoms with Gasteiger partial charge in [0, 0.05) is 17.5 Å². The molecule has 1 amide bonds. The molecule has 0 aliphatic heterocycles. The molecule has 0 spiro atoms. The van der Waals surface area contributed by atoms with Gasteiger partial charge in [-0.15, -0.1) is 0 Å². The summed E-state index contributed by atoms with van der Waals surface area (Å²) in [7, 11) is 4.17. The summed E-state index contributed by atoms with van der Waals surface area (Å²) in [6.07, 6.45) is 1.77. The van der Waals surface area contributed by atoms with Crippen molar-refractivity contribution >= 4 is 5.91 Å². The first-order valence-electron chi connectivity index (χ1n) is 8.80. The van der Waals surface area contributed by atoms with Crippen LogP contribution in [0.1, 0.15) is 27.7 Å². The highest BCUT2D eigenvalue weighted by atomic mass is 16.1. The van der Waals surface area contributed by atoms with Crippen LogP contribution in [0.2, 0.25) is 0 Å². The van der Waals surface area contributed by atoms with E-state index in [0.29, 0.717) is 5.56 Å². The van der Waals surface area contributed by atoms with Gasteiger partial charge in [0.1, 0.15) is 12.6 Å². The van der Waals surface area contributed by atoms with E-state index < -0.39 is 0 Å². The average Bonchev–Trinajstić information content (AvgIpc) is 3.07. The number of nitrogens with zero attached hydrogens (tertiary/aromatic N) is 2. The Morgan fingerprint density at radius 2 is 1.77 bits per heavy atom. The molecule has 0 bridgehead atoms. The molecule has 0 aliphatic rings. The maximum atomic E-state index is 12.7. The molecule has 2 N–H and O–H groups in total. The molecule has 26 heavy (non-hydrogen) atoms. The maximum Gasteiger partial charge on any atom is 0.251 e. The van der Waals surface area contributed by atoms with E-state index in [1.165, 1.54) is 4.90 Å². The molecule has 3 aromatic rings. The molecule has 1 aromatic heterocycles. The number of hydrogen-bond acceptors (Lipinski definition) is 2. The lowest BCUT2D eigenvalue weighted by Crippen LogP contribution is -3.06. The van der Waals surface area contributed by atoms with E-state index in [-0.39, 0.29) is 11.9 Å². The van der Waals surface area contributed by atoms with Gasteiger partial charge in [0.05, 0.1) is 19.8 Å². The number of nitrogens with one attached hydrogen (secondary N) is 2. The number of quaternary nitrogens is 1. The summed E-state index contributed by atoms with van der Waals surface area (Å²) in [4.78, 5) is 14.0. The Morgan fingerprint density at radius 1 is 1.08 bits per heavy atom. The molecule has 3 rings (SSSR count). The van der Waals surface area contributed by atoms with Gasteiger partial charge >= 0.3 is 0 Å². The molecule has 0 fully saturated rings. The number of amides is 1. The lowest BCUT2D eigenvalue weighted by Gasteiger charge is -2.21. The number of likely N-dealkylation sites (N-methyl/N-ethyl adjacent to an activating group) is 1. The monoisotopic (exact) mass is 349 g/mol. The highest BCUT2D eigenvalue weighted by Crippen LogP contribution is 2.14. The number of carbonyl (C=O) groups is 1. The molecular weight excluding hydrogens is 324 g/mol. The summed E-state index contributed by atoms with van der Waals surface area (Å²) < 4.78 is 1.85. The van der Waals surface area contributed by atoms with E-state index in [9.17, 15) is 4.79 Å². The Bertz CT molecular complexity index is 853. The molecular formula is C21H25N4O+. The number of aromatic nitrogens is 2. The van der Waals surface area contributed by atoms with Gasteiger partial charge < -0.3 is 10.2 Å². The van der Waals surface area contributed by atoms with Gasteiger partial charge in [-0.1, -0.05) is 30.3 Å². The Kier molecular flexibility index (Phi) is 5.49. The van der Waals surface area contributed by atoms with Gasteiger partial charge in [0.15, 0.2) is 0 Å². The van der Waals surface area contributed by atoms with Gasteiger partial charge in [-0.25, -0.2) is 4.68 Å². The number of hydrogen-bond donors (Lipinski definition) is 2. The van der Waals surface area contributed by atoms with Gasteiger partial charge in [0.25, 0.3) is 5.91 Å². The van der Waals surface area contributed by atoms with Gasteiger partial charge in [-0.3, -0.25) is 4.79 Å². The molecule has 0 radical (unpaired) electrons. The number of carbonyl (C=O) groups excluding carboxylic acids is 1. The SMILES string of the molecule is Cc1ccnn1-c1ccc(C(=O)N[C@H](C[NH+](C)C)c2ccccc2)cc1. The Hall–Kier alpha value is -2.92. The van der Waals surface area contributed by atoms with Crippen molar-refractivity contribution in [3.63, 3.8) is 0 Å². The highest BCUT2D eigenvalue weighted by molar-refractivity contribution is 5.94. The Balaban J connectivity index is 1.76. The lowest BCUT2D eigenvalue weighted by molar-refractivity contribution is -0.860. The van der Waals surface area contributed by atoms with Crippen LogP contribution >= 0.6 is 0 Å². The van der Waals surface area contributed by atoms with Crippen molar-refractivity contribution in [2.24, 2.45) is 0 Å². The summed E-state index contributed by atoms with van der Waals surface area (Å²) in [5.41, 5.74) is 3.76. The van der Waals surface area contributed by atoms with E-state index in [1.54, 1.807) is 6.20 Å². The largest absolute Gasteiger partial charge is 0.340 e. The molecule has 2 aromatic carbocycles. The first-order valence-corrected chi connectivity index (χ1v) is 8.80. The second-order valence-electron chi connectivity index (χ2n) is 6.78. The standard InChI is InChI=1S/C21H24N4O/c1-16-13-14-22-25(16)19-11-9-18(10-12-19)21(26)23-20(15-24(2)3)17-7-5-4-6-8-17/h4-14,20H,15H2,1-3H3,(H,23,26)/p+1/t20-/m1/s1. The molecule has 0 saturated carbocycles. The van der Waals surface area contributed by atoms with Crippen LogP contribution in [0.15, 0.2) is 66.9 Å². The molecule has 0 saturated heterocycles. The third-order valence-corrected chi connectivity index (χ3v) is 4.33. The lowest BCUT2D eigenvalue weighted by atomic mass is 10.1. The third-order valence-electron chi connectivity index (χ3n) is 4.33.